The van der Waals surface area contributed by atoms with E-state index in [2.05, 4.69) is 20.3 Å². The molecule has 1 aliphatic rings. The second-order valence-corrected chi connectivity index (χ2v) is 14.0. The number of amides is 2. The Balaban J connectivity index is 1.89. The zero-order chi connectivity index (χ0) is 33.6. The molecule has 0 unspecified atom stereocenters. The Morgan fingerprint density at radius 1 is 1.07 bits per heavy atom. The minimum atomic E-state index is -4.11. The number of aliphatic carboxylic acids is 1. The van der Waals surface area contributed by atoms with Crippen LogP contribution in [0, 0.1) is 20.8 Å². The van der Waals surface area contributed by atoms with Gasteiger partial charge in [-0.15, -0.1) is 0 Å². The van der Waals surface area contributed by atoms with E-state index in [0.717, 1.165) is 11.1 Å². The molecule has 0 bridgehead atoms. The van der Waals surface area contributed by atoms with Crippen LogP contribution in [0.3, 0.4) is 0 Å². The Bertz CT molecular complexity index is 1430. The molecule has 1 aliphatic heterocycles. The Hall–Kier alpha value is -3.88. The molecule has 0 saturated carbocycles. The van der Waals surface area contributed by atoms with Crippen LogP contribution in [-0.4, -0.2) is 73.6 Å². The molecular weight excluding hydrogens is 594 g/mol. The summed E-state index contributed by atoms with van der Waals surface area (Å²) >= 11 is 0. The maximum absolute atomic E-state index is 13.3. The number of nitrogens with one attached hydrogen (secondary N) is 3. The van der Waals surface area contributed by atoms with Gasteiger partial charge in [0.1, 0.15) is 29.5 Å². The number of carboxylic acid groups (broad SMARTS) is 1. The smallest absolute Gasteiger partial charge is 0.326 e. The second kappa shape index (κ2) is 14.3. The van der Waals surface area contributed by atoms with Crippen molar-refractivity contribution in [1.82, 2.24) is 15.4 Å². The molecule has 0 saturated heterocycles. The highest BCUT2D eigenvalue weighted by Crippen LogP contribution is 2.43. The van der Waals surface area contributed by atoms with Gasteiger partial charge in [-0.25, -0.2) is 17.9 Å². The topological polar surface area (TPSA) is 216 Å². The fraction of sp³-hybridized carbons (Fsp3) is 0.621. The molecule has 1 aromatic carbocycles. The summed E-state index contributed by atoms with van der Waals surface area (Å²) in [5.74, 6) is -2.95. The number of nitrogens with zero attached hydrogens (tertiary/aromatic N) is 1. The third kappa shape index (κ3) is 10.4. The highest BCUT2D eigenvalue weighted by atomic mass is 32.2. The number of guanidine groups is 1. The monoisotopic (exact) mass is 639 g/mol. The maximum atomic E-state index is 13.3. The number of carbonyl (C=O) groups is 4. The van der Waals surface area contributed by atoms with E-state index in [1.807, 2.05) is 20.8 Å². The van der Waals surface area contributed by atoms with Gasteiger partial charge in [0.25, 0.3) is 10.0 Å². The van der Waals surface area contributed by atoms with Gasteiger partial charge in [-0.1, -0.05) is 0 Å². The predicted octanol–water partition coefficient (Wildman–Crippen LogP) is 1.51. The van der Waals surface area contributed by atoms with Crippen LogP contribution in [0.5, 0.6) is 5.75 Å². The van der Waals surface area contributed by atoms with Gasteiger partial charge in [0, 0.05) is 36.9 Å². The number of aliphatic imine (C=N–C) groups is 1. The normalized spacial score (nSPS) is 15.0. The molecule has 6 N–H and O–H groups in total. The predicted molar refractivity (Wildman–Crippen MR) is 163 cm³/mol. The lowest BCUT2D eigenvalue weighted by atomic mass is 9.93. The van der Waals surface area contributed by atoms with Crippen LogP contribution in [0.1, 0.15) is 82.6 Å². The number of fused-ring (bicyclic) bond motifs is 1. The van der Waals surface area contributed by atoms with E-state index in [1.165, 1.54) is 0 Å². The van der Waals surface area contributed by atoms with Crippen LogP contribution >= 0.6 is 0 Å². The highest BCUT2D eigenvalue weighted by Gasteiger charge is 2.36. The Morgan fingerprint density at radius 2 is 1.68 bits per heavy atom. The molecule has 1 aromatic rings. The van der Waals surface area contributed by atoms with E-state index in [9.17, 15) is 32.7 Å². The van der Waals surface area contributed by atoms with Gasteiger partial charge in [-0.05, 0) is 79.4 Å². The van der Waals surface area contributed by atoms with Crippen LogP contribution in [-0.2, 0) is 40.4 Å². The maximum Gasteiger partial charge on any atom is 0.326 e. The van der Waals surface area contributed by atoms with Gasteiger partial charge in [0.2, 0.25) is 17.8 Å². The molecule has 1 atom stereocenters. The fourth-order valence-electron chi connectivity index (χ4n) is 4.77. The Kier molecular flexibility index (Phi) is 11.8. The molecule has 15 heteroatoms. The van der Waals surface area contributed by atoms with Crippen LogP contribution < -0.4 is 25.8 Å². The number of esters is 1. The first-order chi connectivity index (χ1) is 20.1. The molecule has 0 aliphatic carbocycles. The molecular formula is C29H45N5O9S. The molecule has 2 amide bonds. The summed E-state index contributed by atoms with van der Waals surface area (Å²) < 4.78 is 40.0. The van der Waals surface area contributed by atoms with Crippen LogP contribution in [0.4, 0.5) is 0 Å². The van der Waals surface area contributed by atoms with E-state index in [-0.39, 0.29) is 49.6 Å². The van der Waals surface area contributed by atoms with Gasteiger partial charge in [0.15, 0.2) is 0 Å². The van der Waals surface area contributed by atoms with E-state index in [4.69, 9.17) is 15.2 Å². The number of nitrogens with two attached hydrogens (primary N) is 1. The largest absolute Gasteiger partial charge is 0.487 e. The highest BCUT2D eigenvalue weighted by molar-refractivity contribution is 7.90. The molecule has 0 spiro atoms. The lowest BCUT2D eigenvalue weighted by molar-refractivity contribution is -0.154. The number of rotatable bonds is 13. The first-order valence-corrected chi connectivity index (χ1v) is 15.8. The van der Waals surface area contributed by atoms with Crippen molar-refractivity contribution in [3.63, 3.8) is 0 Å². The summed E-state index contributed by atoms with van der Waals surface area (Å²) in [5, 5.41) is 14.2. The minimum Gasteiger partial charge on any atom is -0.487 e. The van der Waals surface area contributed by atoms with Gasteiger partial charge < -0.3 is 30.9 Å². The number of ether oxygens (including phenoxy) is 2. The third-order valence-corrected chi connectivity index (χ3v) is 8.42. The molecule has 1 heterocycles. The van der Waals surface area contributed by atoms with Crippen molar-refractivity contribution in [3.05, 3.63) is 22.3 Å². The van der Waals surface area contributed by atoms with Crippen molar-refractivity contribution < 1.29 is 42.2 Å². The summed E-state index contributed by atoms with van der Waals surface area (Å²) in [6, 6.07) is -1.26. The minimum absolute atomic E-state index is 0.0143. The average molecular weight is 640 g/mol. The SMILES string of the molecule is Cc1c(C)c(S(=O)(=O)NC(N)=NCCC[C@H](NC(=O)CCC(=O)NCC(=O)OC(C)(C)C)C(=O)O)c(C)c2c1CC(C)(C)O2. The molecule has 0 fully saturated rings. The summed E-state index contributed by atoms with van der Waals surface area (Å²) in [6.45, 7) is 13.8. The fourth-order valence-corrected chi connectivity index (χ4v) is 6.27. The first kappa shape index (κ1) is 36.3. The quantitative estimate of drug-likeness (QED) is 0.0907. The van der Waals surface area contributed by atoms with Crippen LogP contribution in [0.25, 0.3) is 0 Å². The van der Waals surface area contributed by atoms with Gasteiger partial charge >= 0.3 is 11.9 Å². The van der Waals surface area contributed by atoms with Crippen molar-refractivity contribution in [2.24, 2.45) is 10.7 Å². The zero-order valence-electron chi connectivity index (χ0n) is 26.7. The summed E-state index contributed by atoms with van der Waals surface area (Å²) in [6.07, 6.45) is 0.255. The number of benzene rings is 1. The average Bonchev–Trinajstić information content (AvgIpc) is 3.21. The van der Waals surface area contributed by atoms with Crippen molar-refractivity contribution in [1.29, 1.82) is 0 Å². The van der Waals surface area contributed by atoms with Gasteiger partial charge in [-0.3, -0.25) is 19.4 Å². The number of hydrogen-bond acceptors (Lipinski definition) is 9. The Labute approximate surface area is 258 Å². The number of carboxylic acids is 1. The van der Waals surface area contributed by atoms with E-state index in [1.54, 1.807) is 34.6 Å². The summed E-state index contributed by atoms with van der Waals surface area (Å²) in [4.78, 5) is 51.6. The number of sulfonamides is 1. The lowest BCUT2D eigenvalue weighted by Gasteiger charge is -2.19. The van der Waals surface area contributed by atoms with Gasteiger partial charge in [-0.2, -0.15) is 0 Å². The van der Waals surface area contributed by atoms with Crippen molar-refractivity contribution in [2.45, 2.75) is 110 Å². The lowest BCUT2D eigenvalue weighted by Crippen LogP contribution is -2.41. The number of carbonyl (C=O) groups excluding carboxylic acids is 3. The van der Waals surface area contributed by atoms with E-state index >= 15 is 0 Å². The molecule has 0 aromatic heterocycles. The van der Waals surface area contributed by atoms with Crippen molar-refractivity contribution in [2.75, 3.05) is 13.1 Å². The third-order valence-electron chi connectivity index (χ3n) is 6.79. The zero-order valence-corrected chi connectivity index (χ0v) is 27.5. The second-order valence-electron chi connectivity index (χ2n) is 12.4. The van der Waals surface area contributed by atoms with Crippen molar-refractivity contribution in [3.8, 4) is 5.75 Å². The standard InChI is InChI=1S/C29H45N5O9S/c1-16-17(2)25(18(3)24-19(16)14-29(7,8)43-24)44(40,41)34-27(30)31-13-9-10-20(26(38)39)33-22(36)12-11-21(35)32-15-23(37)42-28(4,5)6/h20H,9-15H2,1-8H3,(H,32,35)(H,33,36)(H,38,39)(H3,30,31,34)/t20-/m0/s1. The Morgan fingerprint density at radius 3 is 2.27 bits per heavy atom. The van der Waals surface area contributed by atoms with E-state index in [0.29, 0.717) is 23.3 Å². The molecule has 14 nitrogen and oxygen atoms in total. The summed E-state index contributed by atoms with van der Waals surface area (Å²) in [5.41, 5.74) is 7.59. The van der Waals surface area contributed by atoms with Crippen LogP contribution in [0.2, 0.25) is 0 Å². The number of hydrogen-bond donors (Lipinski definition) is 5. The molecule has 0 radical (unpaired) electrons. The van der Waals surface area contributed by atoms with Crippen LogP contribution in [0.15, 0.2) is 9.89 Å². The van der Waals surface area contributed by atoms with Crippen molar-refractivity contribution >= 4 is 39.7 Å². The first-order valence-electron chi connectivity index (χ1n) is 14.3. The summed E-state index contributed by atoms with van der Waals surface area (Å²) in [7, 11) is -4.11. The molecule has 246 valence electrons. The molecule has 44 heavy (non-hydrogen) atoms. The van der Waals surface area contributed by atoms with Gasteiger partial charge in [0.05, 0.1) is 4.90 Å². The van der Waals surface area contributed by atoms with E-state index < -0.39 is 51.0 Å². The molecule has 2 rings (SSSR count).